The van der Waals surface area contributed by atoms with Gasteiger partial charge in [-0.2, -0.15) is 13.2 Å². The quantitative estimate of drug-likeness (QED) is 0.706. The number of aliphatic carboxylic acids is 1. The Morgan fingerprint density at radius 1 is 1.21 bits per heavy atom. The third-order valence-electron chi connectivity index (χ3n) is 3.62. The Balaban J connectivity index is 2.96. The van der Waals surface area contributed by atoms with Gasteiger partial charge in [-0.3, -0.25) is 4.79 Å². The van der Waals surface area contributed by atoms with E-state index in [0.717, 1.165) is 5.56 Å². The van der Waals surface area contributed by atoms with E-state index < -0.39 is 42.7 Å². The number of carboxylic acids is 1. The van der Waals surface area contributed by atoms with Crippen LogP contribution in [-0.4, -0.2) is 40.5 Å². The van der Waals surface area contributed by atoms with Gasteiger partial charge in [-0.25, -0.2) is 4.79 Å². The Bertz CT molecular complexity index is 559. The Kier molecular flexibility index (Phi) is 6.77. The molecule has 134 valence electrons. The maximum atomic E-state index is 13.2. The summed E-state index contributed by atoms with van der Waals surface area (Å²) in [5, 5.41) is 19.0. The van der Waals surface area contributed by atoms with Gasteiger partial charge in [0.15, 0.2) is 0 Å². The van der Waals surface area contributed by atoms with Gasteiger partial charge in [-0.15, -0.1) is 0 Å². The first-order valence-electron chi connectivity index (χ1n) is 7.37. The average molecular weight is 348 g/mol. The molecule has 1 aromatic rings. The summed E-state index contributed by atoms with van der Waals surface area (Å²) in [5.41, 5.74) is -3.26. The summed E-state index contributed by atoms with van der Waals surface area (Å²) in [6.45, 7) is 0.855. The fraction of sp³-hybridized carbons (Fsp3) is 0.500. The third-order valence-corrected chi connectivity index (χ3v) is 3.62. The molecule has 0 aromatic heterocycles. The number of aliphatic hydroxyl groups is 1. The Labute approximate surface area is 137 Å². The Morgan fingerprint density at radius 3 is 2.25 bits per heavy atom. The first-order valence-corrected chi connectivity index (χ1v) is 7.37. The predicted molar refractivity (Wildman–Crippen MR) is 78.1 cm³/mol. The van der Waals surface area contributed by atoms with Crippen LogP contribution in [0.25, 0.3) is 0 Å². The standard InChI is InChI=1S/C16H19F3O5/c1-2-24-14(22)15(23,16(17,18)19)12(13(20)21)10-6-9-11-7-4-3-5-8-11/h3-5,7-8,12,23H,2,6,9-10H2,1H3,(H,20,21)/t12-,15+/m0/s1. The van der Waals surface area contributed by atoms with Crippen molar-refractivity contribution >= 4 is 11.9 Å². The summed E-state index contributed by atoms with van der Waals surface area (Å²) in [7, 11) is 0. The second-order valence-electron chi connectivity index (χ2n) is 5.25. The average Bonchev–Trinajstić information content (AvgIpc) is 2.50. The lowest BCUT2D eigenvalue weighted by atomic mass is 9.82. The van der Waals surface area contributed by atoms with Gasteiger partial charge >= 0.3 is 18.1 Å². The van der Waals surface area contributed by atoms with Crippen LogP contribution >= 0.6 is 0 Å². The van der Waals surface area contributed by atoms with Gasteiger partial charge in [0.1, 0.15) is 5.92 Å². The molecule has 0 heterocycles. The van der Waals surface area contributed by atoms with Gasteiger partial charge in [0.25, 0.3) is 5.60 Å². The van der Waals surface area contributed by atoms with Crippen LogP contribution in [0.15, 0.2) is 30.3 Å². The summed E-state index contributed by atoms with van der Waals surface area (Å²) < 4.78 is 43.9. The lowest BCUT2D eigenvalue weighted by Gasteiger charge is -2.33. The van der Waals surface area contributed by atoms with E-state index in [0.29, 0.717) is 6.42 Å². The van der Waals surface area contributed by atoms with Gasteiger partial charge in [-0.05, 0) is 31.7 Å². The largest absolute Gasteiger partial charge is 0.481 e. The highest BCUT2D eigenvalue weighted by molar-refractivity contribution is 5.87. The van der Waals surface area contributed by atoms with Crippen molar-refractivity contribution in [3.05, 3.63) is 35.9 Å². The molecule has 0 aliphatic heterocycles. The van der Waals surface area contributed by atoms with Crippen LogP contribution in [0.2, 0.25) is 0 Å². The maximum absolute atomic E-state index is 13.2. The molecule has 0 aliphatic rings. The highest BCUT2D eigenvalue weighted by atomic mass is 19.4. The van der Waals surface area contributed by atoms with Gasteiger partial charge < -0.3 is 14.9 Å². The molecule has 0 spiro atoms. The number of carbonyl (C=O) groups excluding carboxylic acids is 1. The van der Waals surface area contributed by atoms with Gasteiger partial charge in [0.05, 0.1) is 6.61 Å². The SMILES string of the molecule is CCOC(=O)[C@](O)([C@@H](CCCc1ccccc1)C(=O)O)C(F)(F)F. The molecule has 5 nitrogen and oxygen atoms in total. The van der Waals surface area contributed by atoms with Crippen LogP contribution < -0.4 is 0 Å². The summed E-state index contributed by atoms with van der Waals surface area (Å²) in [6.07, 6.45) is -5.62. The number of hydrogen-bond acceptors (Lipinski definition) is 4. The van der Waals surface area contributed by atoms with Crippen LogP contribution in [-0.2, 0) is 20.7 Å². The van der Waals surface area contributed by atoms with E-state index in [4.69, 9.17) is 5.11 Å². The molecular formula is C16H19F3O5. The fourth-order valence-electron chi connectivity index (χ4n) is 2.36. The van der Waals surface area contributed by atoms with Crippen LogP contribution in [0, 0.1) is 5.92 Å². The number of benzene rings is 1. The van der Waals surface area contributed by atoms with Crippen LogP contribution in [0.1, 0.15) is 25.3 Å². The van der Waals surface area contributed by atoms with Crippen molar-refractivity contribution in [3.8, 4) is 0 Å². The first-order chi connectivity index (χ1) is 11.1. The van der Waals surface area contributed by atoms with Crippen LogP contribution in [0.3, 0.4) is 0 Å². The second kappa shape index (κ2) is 8.14. The van der Waals surface area contributed by atoms with E-state index >= 15 is 0 Å². The topological polar surface area (TPSA) is 83.8 Å². The zero-order valence-corrected chi connectivity index (χ0v) is 13.0. The molecule has 0 unspecified atom stereocenters. The number of ether oxygens (including phenoxy) is 1. The molecule has 0 fully saturated rings. The number of rotatable bonds is 8. The van der Waals surface area contributed by atoms with E-state index in [1.165, 1.54) is 6.92 Å². The fourth-order valence-corrected chi connectivity index (χ4v) is 2.36. The van der Waals surface area contributed by atoms with E-state index in [-0.39, 0.29) is 6.42 Å². The lowest BCUT2D eigenvalue weighted by molar-refractivity contribution is -0.279. The van der Waals surface area contributed by atoms with Gasteiger partial charge in [-0.1, -0.05) is 30.3 Å². The van der Waals surface area contributed by atoms with Gasteiger partial charge in [0.2, 0.25) is 0 Å². The highest BCUT2D eigenvalue weighted by Gasteiger charge is 2.67. The molecule has 0 aliphatic carbocycles. The third kappa shape index (κ3) is 4.47. The monoisotopic (exact) mass is 348 g/mol. The second-order valence-corrected chi connectivity index (χ2v) is 5.25. The number of hydrogen-bond donors (Lipinski definition) is 2. The molecule has 1 rings (SSSR count). The summed E-state index contributed by atoms with van der Waals surface area (Å²) in [6, 6.07) is 8.75. The van der Waals surface area contributed by atoms with E-state index in [1.807, 2.05) is 0 Å². The maximum Gasteiger partial charge on any atom is 0.429 e. The normalized spacial score (nSPS) is 15.4. The Morgan fingerprint density at radius 2 is 1.79 bits per heavy atom. The molecule has 2 atom stereocenters. The molecule has 24 heavy (non-hydrogen) atoms. The number of aryl methyl sites for hydroxylation is 1. The van der Waals surface area contributed by atoms with Crippen molar-refractivity contribution in [1.29, 1.82) is 0 Å². The van der Waals surface area contributed by atoms with Gasteiger partial charge in [0, 0.05) is 0 Å². The lowest BCUT2D eigenvalue weighted by Crippen LogP contribution is -2.60. The minimum absolute atomic E-state index is 0.0543. The predicted octanol–water partition coefficient (Wildman–Crippen LogP) is 2.57. The molecule has 0 amide bonds. The van der Waals surface area contributed by atoms with E-state index in [2.05, 4.69) is 4.74 Å². The molecular weight excluding hydrogens is 329 g/mol. The van der Waals surface area contributed by atoms with Crippen LogP contribution in [0.5, 0.6) is 0 Å². The summed E-state index contributed by atoms with van der Waals surface area (Å²) in [4.78, 5) is 22.9. The molecule has 0 saturated heterocycles. The highest BCUT2D eigenvalue weighted by Crippen LogP contribution is 2.40. The van der Waals surface area contributed by atoms with Crippen molar-refractivity contribution in [3.63, 3.8) is 0 Å². The smallest absolute Gasteiger partial charge is 0.429 e. The number of halogens is 3. The molecule has 2 N–H and O–H groups in total. The van der Waals surface area contributed by atoms with Crippen molar-refractivity contribution in [2.24, 2.45) is 5.92 Å². The molecule has 0 bridgehead atoms. The van der Waals surface area contributed by atoms with Crippen molar-refractivity contribution in [2.45, 2.75) is 38.0 Å². The van der Waals surface area contributed by atoms with E-state index in [1.54, 1.807) is 30.3 Å². The van der Waals surface area contributed by atoms with Crippen molar-refractivity contribution < 1.29 is 37.7 Å². The molecule has 0 radical (unpaired) electrons. The minimum Gasteiger partial charge on any atom is -0.481 e. The van der Waals surface area contributed by atoms with Crippen molar-refractivity contribution in [1.82, 2.24) is 0 Å². The summed E-state index contributed by atoms with van der Waals surface area (Å²) >= 11 is 0. The molecule has 0 saturated carbocycles. The Hall–Kier alpha value is -2.09. The number of carbonyl (C=O) groups is 2. The van der Waals surface area contributed by atoms with E-state index in [9.17, 15) is 27.9 Å². The molecule has 1 aromatic carbocycles. The molecule has 8 heteroatoms. The minimum atomic E-state index is -5.46. The number of alkyl halides is 3. The number of esters is 1. The zero-order chi connectivity index (χ0) is 18.4. The van der Waals surface area contributed by atoms with Crippen LogP contribution in [0.4, 0.5) is 13.2 Å². The first kappa shape index (κ1) is 20.0. The van der Waals surface area contributed by atoms with Crippen molar-refractivity contribution in [2.75, 3.05) is 6.61 Å². The zero-order valence-electron chi connectivity index (χ0n) is 13.0. The summed E-state index contributed by atoms with van der Waals surface area (Å²) in [5.74, 6) is -6.25. The number of carboxylic acid groups (broad SMARTS) is 1.